The van der Waals surface area contributed by atoms with E-state index in [2.05, 4.69) is 22.8 Å². The number of hydrogen-bond donors (Lipinski definition) is 4. The van der Waals surface area contributed by atoms with Crippen molar-refractivity contribution in [2.75, 3.05) is 13.2 Å². The van der Waals surface area contributed by atoms with Crippen LogP contribution in [0.1, 0.15) is 38.5 Å². The lowest BCUT2D eigenvalue weighted by Crippen LogP contribution is -2.48. The summed E-state index contributed by atoms with van der Waals surface area (Å²) in [6.07, 6.45) is 7.75. The first-order valence-corrected chi connectivity index (χ1v) is 9.24. The number of rotatable bonds is 9. The van der Waals surface area contributed by atoms with Gasteiger partial charge in [0, 0.05) is 6.42 Å². The van der Waals surface area contributed by atoms with Gasteiger partial charge < -0.3 is 26.2 Å². The molecule has 3 unspecified atom stereocenters. The zero-order valence-electron chi connectivity index (χ0n) is 15.2. The Bertz CT molecular complexity index is 590. The molecule has 27 heavy (non-hydrogen) atoms. The van der Waals surface area contributed by atoms with Crippen molar-refractivity contribution in [1.29, 1.82) is 0 Å². The van der Waals surface area contributed by atoms with E-state index < -0.39 is 36.5 Å². The summed E-state index contributed by atoms with van der Waals surface area (Å²) in [6.45, 7) is -0.289. The second-order valence-corrected chi connectivity index (χ2v) is 7.03. The summed E-state index contributed by atoms with van der Waals surface area (Å²) in [4.78, 5) is 45.6. The van der Waals surface area contributed by atoms with Gasteiger partial charge in [-0.2, -0.15) is 0 Å². The summed E-state index contributed by atoms with van der Waals surface area (Å²) in [6, 6.07) is -1.08. The van der Waals surface area contributed by atoms with Crippen molar-refractivity contribution in [2.24, 2.45) is 23.5 Å². The van der Waals surface area contributed by atoms with E-state index in [-0.39, 0.29) is 12.8 Å². The van der Waals surface area contributed by atoms with E-state index in [1.165, 1.54) is 0 Å². The Balaban J connectivity index is 1.79. The van der Waals surface area contributed by atoms with Crippen LogP contribution in [0.25, 0.3) is 0 Å². The molecule has 9 nitrogen and oxygen atoms in total. The average molecular weight is 381 g/mol. The molecule has 3 atom stereocenters. The number of fused-ring (bicyclic) bond motifs is 1. The second-order valence-electron chi connectivity index (χ2n) is 7.03. The minimum absolute atomic E-state index is 0.0315. The fourth-order valence-electron chi connectivity index (χ4n) is 3.64. The van der Waals surface area contributed by atoms with Gasteiger partial charge in [0.25, 0.3) is 0 Å². The number of hydrogen-bond acceptors (Lipinski definition) is 5. The van der Waals surface area contributed by atoms with E-state index in [0.717, 1.165) is 25.7 Å². The van der Waals surface area contributed by atoms with Crippen molar-refractivity contribution in [3.8, 4) is 0 Å². The SMILES string of the molecule is NC(=O)CCC(NC(=O)OCC1C2CCC=CCCC21)C(=O)NCC(=O)O. The molecule has 0 heterocycles. The zero-order valence-corrected chi connectivity index (χ0v) is 15.2. The number of carbonyl (C=O) groups is 4. The Morgan fingerprint density at radius 1 is 1.15 bits per heavy atom. The van der Waals surface area contributed by atoms with Crippen molar-refractivity contribution >= 4 is 23.9 Å². The van der Waals surface area contributed by atoms with Gasteiger partial charge in [-0.3, -0.25) is 14.4 Å². The van der Waals surface area contributed by atoms with Gasteiger partial charge in [-0.05, 0) is 49.9 Å². The van der Waals surface area contributed by atoms with E-state index in [1.54, 1.807) is 0 Å². The number of aliphatic carboxylic acids is 1. The van der Waals surface area contributed by atoms with Gasteiger partial charge in [-0.1, -0.05) is 12.2 Å². The second kappa shape index (κ2) is 9.94. The molecule has 1 fully saturated rings. The third-order valence-corrected chi connectivity index (χ3v) is 5.12. The highest BCUT2D eigenvalue weighted by Crippen LogP contribution is 2.52. The van der Waals surface area contributed by atoms with E-state index in [4.69, 9.17) is 15.6 Å². The molecule has 2 rings (SSSR count). The van der Waals surface area contributed by atoms with Crippen LogP contribution in [-0.4, -0.2) is 48.2 Å². The summed E-state index contributed by atoms with van der Waals surface area (Å²) >= 11 is 0. The Labute approximate surface area is 157 Å². The standard InChI is InChI=1S/C18H27N3O6/c19-15(22)8-7-14(17(25)20-9-16(23)24)21-18(26)27-10-13-11-5-3-1-2-4-6-12(11)13/h1-2,11-14H,3-10H2,(H2,19,22)(H,20,25)(H,21,26)(H,23,24). The highest BCUT2D eigenvalue weighted by atomic mass is 16.5. The minimum Gasteiger partial charge on any atom is -0.480 e. The Morgan fingerprint density at radius 3 is 2.33 bits per heavy atom. The number of allylic oxidation sites excluding steroid dienone is 2. The maximum absolute atomic E-state index is 12.1. The van der Waals surface area contributed by atoms with Crippen molar-refractivity contribution in [3.05, 3.63) is 12.2 Å². The molecule has 1 saturated carbocycles. The van der Waals surface area contributed by atoms with Gasteiger partial charge in [0.2, 0.25) is 11.8 Å². The maximum Gasteiger partial charge on any atom is 0.407 e. The maximum atomic E-state index is 12.1. The van der Waals surface area contributed by atoms with Crippen LogP contribution in [0.15, 0.2) is 12.2 Å². The molecule has 0 aromatic rings. The molecule has 150 valence electrons. The Kier molecular flexibility index (Phi) is 7.63. The van der Waals surface area contributed by atoms with E-state index >= 15 is 0 Å². The molecule has 9 heteroatoms. The summed E-state index contributed by atoms with van der Waals surface area (Å²) in [5.74, 6) is -1.03. The zero-order chi connectivity index (χ0) is 19.8. The van der Waals surface area contributed by atoms with Crippen LogP contribution in [-0.2, 0) is 19.1 Å². The third-order valence-electron chi connectivity index (χ3n) is 5.12. The summed E-state index contributed by atoms with van der Waals surface area (Å²) in [5.41, 5.74) is 5.08. The average Bonchev–Trinajstić information content (AvgIpc) is 3.23. The minimum atomic E-state index is -1.21. The number of alkyl carbamates (subject to hydrolysis) is 1. The molecule has 0 radical (unpaired) electrons. The van der Waals surface area contributed by atoms with Gasteiger partial charge >= 0.3 is 12.1 Å². The van der Waals surface area contributed by atoms with E-state index in [0.29, 0.717) is 24.4 Å². The topological polar surface area (TPSA) is 148 Å². The van der Waals surface area contributed by atoms with Crippen LogP contribution in [0.5, 0.6) is 0 Å². The lowest BCUT2D eigenvalue weighted by atomic mass is 10.1. The van der Waals surface area contributed by atoms with Crippen molar-refractivity contribution < 1.29 is 29.0 Å². The van der Waals surface area contributed by atoms with E-state index in [1.807, 2.05) is 0 Å². The lowest BCUT2D eigenvalue weighted by molar-refractivity contribution is -0.138. The first kappa shape index (κ1) is 20.7. The smallest absolute Gasteiger partial charge is 0.407 e. The van der Waals surface area contributed by atoms with Crippen LogP contribution in [0, 0.1) is 17.8 Å². The van der Waals surface area contributed by atoms with Crippen molar-refractivity contribution in [3.63, 3.8) is 0 Å². The first-order valence-electron chi connectivity index (χ1n) is 9.24. The molecule has 0 bridgehead atoms. The number of primary amides is 1. The van der Waals surface area contributed by atoms with Crippen molar-refractivity contribution in [2.45, 2.75) is 44.6 Å². The third kappa shape index (κ3) is 6.92. The number of nitrogens with one attached hydrogen (secondary N) is 2. The largest absolute Gasteiger partial charge is 0.480 e. The van der Waals surface area contributed by atoms with Crippen molar-refractivity contribution in [1.82, 2.24) is 10.6 Å². The van der Waals surface area contributed by atoms with Gasteiger partial charge in [-0.25, -0.2) is 4.79 Å². The number of amides is 3. The predicted molar refractivity (Wildman–Crippen MR) is 95.4 cm³/mol. The highest BCUT2D eigenvalue weighted by Gasteiger charge is 2.49. The molecule has 0 aromatic heterocycles. The Hall–Kier alpha value is -2.58. The van der Waals surface area contributed by atoms with Crippen LogP contribution in [0.3, 0.4) is 0 Å². The van der Waals surface area contributed by atoms with Gasteiger partial charge in [0.05, 0.1) is 6.61 Å². The Morgan fingerprint density at radius 2 is 1.78 bits per heavy atom. The molecule has 0 aromatic carbocycles. The lowest BCUT2D eigenvalue weighted by Gasteiger charge is -2.17. The van der Waals surface area contributed by atoms with E-state index in [9.17, 15) is 19.2 Å². The molecule has 0 aliphatic heterocycles. The van der Waals surface area contributed by atoms with Crippen LogP contribution in [0.2, 0.25) is 0 Å². The molecular formula is C18H27N3O6. The normalized spacial score (nSPS) is 24.5. The highest BCUT2D eigenvalue weighted by molar-refractivity contribution is 5.88. The molecule has 0 spiro atoms. The quantitative estimate of drug-likeness (QED) is 0.428. The summed E-state index contributed by atoms with van der Waals surface area (Å²) in [7, 11) is 0. The monoisotopic (exact) mass is 381 g/mol. The molecular weight excluding hydrogens is 354 g/mol. The molecule has 3 amide bonds. The molecule has 2 aliphatic carbocycles. The molecule has 0 saturated heterocycles. The van der Waals surface area contributed by atoms with Gasteiger partial charge in [-0.15, -0.1) is 0 Å². The molecule has 5 N–H and O–H groups in total. The number of carboxylic acid groups (broad SMARTS) is 1. The first-order chi connectivity index (χ1) is 12.9. The van der Waals surface area contributed by atoms with Gasteiger partial charge in [0.15, 0.2) is 0 Å². The summed E-state index contributed by atoms with van der Waals surface area (Å²) < 4.78 is 5.27. The number of ether oxygens (including phenoxy) is 1. The number of carboxylic acids is 1. The molecule has 2 aliphatic rings. The van der Waals surface area contributed by atoms with Crippen LogP contribution in [0.4, 0.5) is 4.79 Å². The fraction of sp³-hybridized carbons (Fsp3) is 0.667. The van der Waals surface area contributed by atoms with Crippen LogP contribution >= 0.6 is 0 Å². The number of carbonyl (C=O) groups excluding carboxylic acids is 3. The number of nitrogens with two attached hydrogens (primary N) is 1. The fourth-order valence-corrected chi connectivity index (χ4v) is 3.64. The predicted octanol–water partition coefficient (Wildman–Crippen LogP) is 0.540. The van der Waals surface area contributed by atoms with Crippen LogP contribution < -0.4 is 16.4 Å². The summed E-state index contributed by atoms with van der Waals surface area (Å²) in [5, 5.41) is 13.2. The van der Waals surface area contributed by atoms with Gasteiger partial charge in [0.1, 0.15) is 12.6 Å².